The monoisotopic (exact) mass is 305 g/mol. The lowest BCUT2D eigenvalue weighted by Gasteiger charge is -2.30. The maximum absolute atomic E-state index is 12.9. The molecule has 0 spiro atoms. The number of primary amides is 1. The van der Waals surface area contributed by atoms with Crippen LogP contribution in [0.3, 0.4) is 0 Å². The lowest BCUT2D eigenvalue weighted by atomic mass is 9.98. The summed E-state index contributed by atoms with van der Waals surface area (Å²) in [5, 5.41) is 2.84. The number of hydrogen-bond donors (Lipinski definition) is 1. The van der Waals surface area contributed by atoms with Crippen molar-refractivity contribution in [2.24, 2.45) is 11.7 Å². The molecule has 1 fully saturated rings. The summed E-state index contributed by atoms with van der Waals surface area (Å²) in [6, 6.07) is 6.30. The van der Waals surface area contributed by atoms with E-state index in [0.29, 0.717) is 6.54 Å². The number of hydrogen-bond acceptors (Lipinski definition) is 4. The fraction of sp³-hybridized carbons (Fsp3) is 0.333. The molecule has 110 valence electrons. The van der Waals surface area contributed by atoms with E-state index in [1.54, 1.807) is 12.1 Å². The van der Waals surface area contributed by atoms with E-state index in [4.69, 9.17) is 5.73 Å². The van der Waals surface area contributed by atoms with Gasteiger partial charge in [0.25, 0.3) is 0 Å². The van der Waals surface area contributed by atoms with Crippen molar-refractivity contribution < 1.29 is 9.18 Å². The average Bonchev–Trinajstić information content (AvgIpc) is 2.98. The number of carbonyl (C=O) groups is 1. The molecule has 0 radical (unpaired) electrons. The highest BCUT2D eigenvalue weighted by molar-refractivity contribution is 7.14. The van der Waals surface area contributed by atoms with Gasteiger partial charge in [0.15, 0.2) is 5.13 Å². The summed E-state index contributed by atoms with van der Waals surface area (Å²) in [7, 11) is 0. The van der Waals surface area contributed by atoms with Crippen LogP contribution in [0.5, 0.6) is 0 Å². The first kappa shape index (κ1) is 14.0. The van der Waals surface area contributed by atoms with Crippen molar-refractivity contribution in [3.63, 3.8) is 0 Å². The van der Waals surface area contributed by atoms with Gasteiger partial charge in [-0.3, -0.25) is 4.79 Å². The van der Waals surface area contributed by atoms with Crippen molar-refractivity contribution in [3.8, 4) is 11.3 Å². The van der Waals surface area contributed by atoms with E-state index in [1.807, 2.05) is 5.38 Å². The van der Waals surface area contributed by atoms with Gasteiger partial charge in [0.2, 0.25) is 5.91 Å². The number of anilines is 1. The van der Waals surface area contributed by atoms with Crippen molar-refractivity contribution in [1.29, 1.82) is 0 Å². The molecule has 21 heavy (non-hydrogen) atoms. The number of piperidine rings is 1. The highest BCUT2D eigenvalue weighted by Crippen LogP contribution is 2.30. The number of rotatable bonds is 3. The third kappa shape index (κ3) is 3.05. The van der Waals surface area contributed by atoms with E-state index >= 15 is 0 Å². The highest BCUT2D eigenvalue weighted by atomic mass is 32.1. The van der Waals surface area contributed by atoms with Crippen LogP contribution in [0.2, 0.25) is 0 Å². The van der Waals surface area contributed by atoms with Gasteiger partial charge in [0.05, 0.1) is 11.6 Å². The van der Waals surface area contributed by atoms with E-state index in [0.717, 1.165) is 35.8 Å². The van der Waals surface area contributed by atoms with Gasteiger partial charge < -0.3 is 10.6 Å². The molecule has 1 unspecified atom stereocenters. The maximum Gasteiger partial charge on any atom is 0.222 e. The molecule has 1 aromatic carbocycles. The van der Waals surface area contributed by atoms with Gasteiger partial charge >= 0.3 is 0 Å². The number of amides is 1. The second-order valence-corrected chi connectivity index (χ2v) is 6.05. The smallest absolute Gasteiger partial charge is 0.222 e. The van der Waals surface area contributed by atoms with Crippen LogP contribution in [-0.4, -0.2) is 24.0 Å². The molecule has 2 N–H and O–H groups in total. The zero-order chi connectivity index (χ0) is 14.8. The normalized spacial score (nSPS) is 18.7. The number of aromatic nitrogens is 1. The molecule has 1 atom stereocenters. The third-order valence-electron chi connectivity index (χ3n) is 3.73. The Hall–Kier alpha value is -1.95. The van der Waals surface area contributed by atoms with Crippen LogP contribution in [0.25, 0.3) is 11.3 Å². The summed E-state index contributed by atoms with van der Waals surface area (Å²) in [6.07, 6.45) is 1.79. The Morgan fingerprint density at radius 2 is 2.14 bits per heavy atom. The molecule has 0 bridgehead atoms. The van der Waals surface area contributed by atoms with E-state index in [2.05, 4.69) is 9.88 Å². The van der Waals surface area contributed by atoms with Crippen LogP contribution in [0.15, 0.2) is 29.6 Å². The molecular weight excluding hydrogens is 289 g/mol. The Morgan fingerprint density at radius 3 is 2.86 bits per heavy atom. The Kier molecular flexibility index (Phi) is 3.88. The van der Waals surface area contributed by atoms with Gasteiger partial charge in [-0.05, 0) is 37.1 Å². The first-order chi connectivity index (χ1) is 10.1. The van der Waals surface area contributed by atoms with Gasteiger partial charge in [-0.25, -0.2) is 9.37 Å². The molecule has 1 aliphatic rings. The minimum atomic E-state index is -0.255. The summed E-state index contributed by atoms with van der Waals surface area (Å²) in [5.41, 5.74) is 7.12. The van der Waals surface area contributed by atoms with Gasteiger partial charge in [0, 0.05) is 24.0 Å². The maximum atomic E-state index is 12.9. The molecule has 2 heterocycles. The molecule has 1 amide bonds. The summed E-state index contributed by atoms with van der Waals surface area (Å²) in [6.45, 7) is 1.52. The fourth-order valence-corrected chi connectivity index (χ4v) is 3.42. The van der Waals surface area contributed by atoms with E-state index in [-0.39, 0.29) is 17.6 Å². The number of thiazole rings is 1. The molecular formula is C15H16FN3OS. The summed E-state index contributed by atoms with van der Waals surface area (Å²) >= 11 is 1.54. The summed E-state index contributed by atoms with van der Waals surface area (Å²) < 4.78 is 12.9. The molecule has 0 aliphatic carbocycles. The van der Waals surface area contributed by atoms with E-state index in [9.17, 15) is 9.18 Å². The Labute approximate surface area is 126 Å². The third-order valence-corrected chi connectivity index (χ3v) is 4.63. The van der Waals surface area contributed by atoms with Crippen molar-refractivity contribution in [3.05, 3.63) is 35.5 Å². The van der Waals surface area contributed by atoms with Crippen LogP contribution in [0.4, 0.5) is 9.52 Å². The molecule has 2 aromatic rings. The molecule has 4 nitrogen and oxygen atoms in total. The van der Waals surface area contributed by atoms with Crippen molar-refractivity contribution >= 4 is 22.4 Å². The van der Waals surface area contributed by atoms with Gasteiger partial charge in [0.1, 0.15) is 5.82 Å². The molecule has 1 aliphatic heterocycles. The van der Waals surface area contributed by atoms with Crippen LogP contribution in [0, 0.1) is 11.7 Å². The topological polar surface area (TPSA) is 59.2 Å². The highest BCUT2D eigenvalue weighted by Gasteiger charge is 2.25. The van der Waals surface area contributed by atoms with Gasteiger partial charge in [-0.1, -0.05) is 0 Å². The largest absolute Gasteiger partial charge is 0.369 e. The van der Waals surface area contributed by atoms with Gasteiger partial charge in [-0.15, -0.1) is 11.3 Å². The Morgan fingerprint density at radius 1 is 1.38 bits per heavy atom. The fourth-order valence-electron chi connectivity index (χ4n) is 2.55. The molecule has 6 heteroatoms. The van der Waals surface area contributed by atoms with Crippen molar-refractivity contribution in [1.82, 2.24) is 4.98 Å². The molecule has 0 saturated carbocycles. The molecule has 1 saturated heterocycles. The van der Waals surface area contributed by atoms with Crippen molar-refractivity contribution in [2.45, 2.75) is 12.8 Å². The number of nitrogens with two attached hydrogens (primary N) is 1. The zero-order valence-electron chi connectivity index (χ0n) is 11.5. The first-order valence-electron chi connectivity index (χ1n) is 6.89. The molecule has 3 rings (SSSR count). The van der Waals surface area contributed by atoms with E-state index < -0.39 is 0 Å². The van der Waals surface area contributed by atoms with Gasteiger partial charge in [-0.2, -0.15) is 0 Å². The number of benzene rings is 1. The quantitative estimate of drug-likeness (QED) is 0.948. The van der Waals surface area contributed by atoms with Crippen LogP contribution < -0.4 is 10.6 Å². The predicted molar refractivity (Wildman–Crippen MR) is 81.6 cm³/mol. The summed E-state index contributed by atoms with van der Waals surface area (Å²) in [5.74, 6) is -0.596. The number of carbonyl (C=O) groups excluding carboxylic acids is 1. The van der Waals surface area contributed by atoms with Crippen LogP contribution in [-0.2, 0) is 4.79 Å². The van der Waals surface area contributed by atoms with E-state index in [1.165, 1.54) is 23.5 Å². The number of halogens is 1. The predicted octanol–water partition coefficient (Wildman–Crippen LogP) is 2.65. The average molecular weight is 305 g/mol. The minimum absolute atomic E-state index is 0.100. The second kappa shape index (κ2) is 5.81. The lowest BCUT2D eigenvalue weighted by Crippen LogP contribution is -2.41. The SMILES string of the molecule is NC(=O)C1CCCN(c2nc(-c3ccc(F)cc3)cs2)C1. The zero-order valence-corrected chi connectivity index (χ0v) is 12.3. The van der Waals surface area contributed by atoms with Crippen LogP contribution >= 0.6 is 11.3 Å². The second-order valence-electron chi connectivity index (χ2n) is 5.21. The van der Waals surface area contributed by atoms with Crippen molar-refractivity contribution in [2.75, 3.05) is 18.0 Å². The lowest BCUT2D eigenvalue weighted by molar-refractivity contribution is -0.122. The Bertz CT molecular complexity index is 641. The minimum Gasteiger partial charge on any atom is -0.369 e. The first-order valence-corrected chi connectivity index (χ1v) is 7.77. The standard InChI is InChI=1S/C15H16FN3OS/c16-12-5-3-10(4-6-12)13-9-21-15(18-13)19-7-1-2-11(8-19)14(17)20/h3-6,9,11H,1-2,7-8H2,(H2,17,20). The summed E-state index contributed by atoms with van der Waals surface area (Å²) in [4.78, 5) is 18.0. The molecule has 1 aromatic heterocycles. The Balaban J connectivity index is 1.78. The number of nitrogens with zero attached hydrogens (tertiary/aromatic N) is 2. The van der Waals surface area contributed by atoms with Crippen LogP contribution in [0.1, 0.15) is 12.8 Å².